The minimum atomic E-state index is 0.197. The highest BCUT2D eigenvalue weighted by Crippen LogP contribution is 2.11. The Kier molecular flexibility index (Phi) is 4.29. The van der Waals surface area contributed by atoms with E-state index in [9.17, 15) is 0 Å². The highest BCUT2D eigenvalue weighted by molar-refractivity contribution is 5.41. The van der Waals surface area contributed by atoms with Crippen molar-refractivity contribution < 1.29 is 0 Å². The van der Waals surface area contributed by atoms with Crippen molar-refractivity contribution in [3.8, 4) is 0 Å². The van der Waals surface area contributed by atoms with E-state index in [0.717, 1.165) is 12.1 Å². The lowest BCUT2D eigenvalue weighted by atomic mass is 10.1. The number of pyridine rings is 1. The summed E-state index contributed by atoms with van der Waals surface area (Å²) in [5, 5.41) is 3.14. The summed E-state index contributed by atoms with van der Waals surface area (Å²) in [6.45, 7) is 2.66. The van der Waals surface area contributed by atoms with Crippen LogP contribution in [0, 0.1) is 0 Å². The van der Waals surface area contributed by atoms with E-state index in [0.29, 0.717) is 18.4 Å². The number of nitrogens with one attached hydrogen (secondary N) is 1. The Hall–Kier alpha value is -2.44. The van der Waals surface area contributed by atoms with E-state index in [2.05, 4.69) is 38.2 Å². The topological polar surface area (TPSA) is 92.8 Å². The summed E-state index contributed by atoms with van der Waals surface area (Å²) in [5.74, 6) is 1.17. The van der Waals surface area contributed by atoms with Gasteiger partial charge in [0.15, 0.2) is 0 Å². The molecule has 0 aliphatic rings. The fourth-order valence-corrected chi connectivity index (χ4v) is 1.77. The summed E-state index contributed by atoms with van der Waals surface area (Å²) in [5.41, 5.74) is 7.87. The standard InChI is InChI=1S/C13H19N7/c1-4-9-6-5-7-15-10(9)8-16-12-17-11(14)18-13(19-12)20(2)3/h5-7H,4,8H2,1-3H3,(H3,14,16,17,18,19). The zero-order valence-corrected chi connectivity index (χ0v) is 12.0. The Balaban J connectivity index is 2.14. The highest BCUT2D eigenvalue weighted by atomic mass is 15.3. The monoisotopic (exact) mass is 273 g/mol. The Morgan fingerprint density at radius 3 is 2.75 bits per heavy atom. The molecule has 0 aliphatic carbocycles. The highest BCUT2D eigenvalue weighted by Gasteiger charge is 2.07. The second-order valence-corrected chi connectivity index (χ2v) is 4.53. The van der Waals surface area contributed by atoms with E-state index in [1.807, 2.05) is 20.2 Å². The molecule has 2 aromatic heterocycles. The third kappa shape index (κ3) is 3.31. The lowest BCUT2D eigenvalue weighted by molar-refractivity contribution is 0.924. The fourth-order valence-electron chi connectivity index (χ4n) is 1.77. The zero-order valence-electron chi connectivity index (χ0n) is 12.0. The molecule has 0 unspecified atom stereocenters. The Morgan fingerprint density at radius 2 is 2.05 bits per heavy atom. The normalized spacial score (nSPS) is 10.3. The largest absolute Gasteiger partial charge is 0.368 e. The lowest BCUT2D eigenvalue weighted by Gasteiger charge is -2.12. The van der Waals surface area contributed by atoms with Gasteiger partial charge in [-0.2, -0.15) is 15.0 Å². The minimum absolute atomic E-state index is 0.197. The molecule has 2 aromatic rings. The predicted octanol–water partition coefficient (Wildman–Crippen LogP) is 1.09. The van der Waals surface area contributed by atoms with Gasteiger partial charge in [0.05, 0.1) is 12.2 Å². The molecule has 3 N–H and O–H groups in total. The third-order valence-corrected chi connectivity index (χ3v) is 2.82. The van der Waals surface area contributed by atoms with Crippen molar-refractivity contribution >= 4 is 17.8 Å². The van der Waals surface area contributed by atoms with Gasteiger partial charge >= 0.3 is 0 Å². The van der Waals surface area contributed by atoms with Crippen LogP contribution in [0.1, 0.15) is 18.2 Å². The molecule has 2 rings (SSSR count). The van der Waals surface area contributed by atoms with Gasteiger partial charge in [0.25, 0.3) is 0 Å². The molecule has 20 heavy (non-hydrogen) atoms. The van der Waals surface area contributed by atoms with Gasteiger partial charge in [0.1, 0.15) is 0 Å². The molecule has 0 bridgehead atoms. The molecule has 7 nitrogen and oxygen atoms in total. The zero-order chi connectivity index (χ0) is 14.5. The minimum Gasteiger partial charge on any atom is -0.368 e. The van der Waals surface area contributed by atoms with Crippen molar-refractivity contribution in [3.05, 3.63) is 29.6 Å². The van der Waals surface area contributed by atoms with Crippen molar-refractivity contribution in [2.75, 3.05) is 30.0 Å². The number of hydrogen-bond donors (Lipinski definition) is 2. The summed E-state index contributed by atoms with van der Waals surface area (Å²) >= 11 is 0. The molecule has 106 valence electrons. The number of aryl methyl sites for hydroxylation is 1. The second kappa shape index (κ2) is 6.14. The van der Waals surface area contributed by atoms with E-state index in [1.165, 1.54) is 5.56 Å². The Bertz CT molecular complexity index is 583. The van der Waals surface area contributed by atoms with E-state index in [1.54, 1.807) is 11.1 Å². The van der Waals surface area contributed by atoms with Gasteiger partial charge < -0.3 is 16.0 Å². The molecular weight excluding hydrogens is 254 g/mol. The lowest BCUT2D eigenvalue weighted by Crippen LogP contribution is -2.16. The number of nitrogens with zero attached hydrogens (tertiary/aromatic N) is 5. The maximum Gasteiger partial charge on any atom is 0.231 e. The van der Waals surface area contributed by atoms with Crippen LogP contribution in [0.3, 0.4) is 0 Å². The van der Waals surface area contributed by atoms with Crippen molar-refractivity contribution in [1.29, 1.82) is 0 Å². The second-order valence-electron chi connectivity index (χ2n) is 4.53. The fraction of sp³-hybridized carbons (Fsp3) is 0.385. The van der Waals surface area contributed by atoms with Crippen LogP contribution in [0.2, 0.25) is 0 Å². The first-order chi connectivity index (χ1) is 9.60. The van der Waals surface area contributed by atoms with Crippen LogP contribution in [0.4, 0.5) is 17.8 Å². The van der Waals surface area contributed by atoms with Gasteiger partial charge in [0.2, 0.25) is 17.8 Å². The molecule has 0 aliphatic heterocycles. The number of anilines is 3. The summed E-state index contributed by atoms with van der Waals surface area (Å²) in [6, 6.07) is 4.00. The molecule has 0 atom stereocenters. The van der Waals surface area contributed by atoms with Crippen LogP contribution >= 0.6 is 0 Å². The van der Waals surface area contributed by atoms with Crippen LogP contribution in [-0.2, 0) is 13.0 Å². The van der Waals surface area contributed by atoms with Crippen molar-refractivity contribution in [2.45, 2.75) is 19.9 Å². The molecule has 0 aromatic carbocycles. The van der Waals surface area contributed by atoms with Crippen LogP contribution in [0.15, 0.2) is 18.3 Å². The van der Waals surface area contributed by atoms with Gasteiger partial charge in [-0.15, -0.1) is 0 Å². The number of hydrogen-bond acceptors (Lipinski definition) is 7. The van der Waals surface area contributed by atoms with Gasteiger partial charge in [0, 0.05) is 20.3 Å². The summed E-state index contributed by atoms with van der Waals surface area (Å²) in [7, 11) is 3.71. The average molecular weight is 273 g/mol. The van der Waals surface area contributed by atoms with Gasteiger partial charge in [-0.25, -0.2) is 0 Å². The van der Waals surface area contributed by atoms with Gasteiger partial charge in [-0.1, -0.05) is 13.0 Å². The van der Waals surface area contributed by atoms with Gasteiger partial charge in [-0.05, 0) is 18.1 Å². The molecule has 0 saturated carbocycles. The maximum absolute atomic E-state index is 5.68. The molecule has 2 heterocycles. The van der Waals surface area contributed by atoms with Crippen LogP contribution in [-0.4, -0.2) is 34.0 Å². The molecular formula is C13H19N7. The van der Waals surface area contributed by atoms with Crippen molar-refractivity contribution in [2.24, 2.45) is 0 Å². The van der Waals surface area contributed by atoms with E-state index in [-0.39, 0.29) is 5.95 Å². The quantitative estimate of drug-likeness (QED) is 0.842. The van der Waals surface area contributed by atoms with E-state index >= 15 is 0 Å². The third-order valence-electron chi connectivity index (χ3n) is 2.82. The predicted molar refractivity (Wildman–Crippen MR) is 79.5 cm³/mol. The summed E-state index contributed by atoms with van der Waals surface area (Å²) in [6.07, 6.45) is 2.72. The summed E-state index contributed by atoms with van der Waals surface area (Å²) < 4.78 is 0. The molecule has 0 saturated heterocycles. The molecule has 0 radical (unpaired) electrons. The number of rotatable bonds is 5. The number of aromatic nitrogens is 4. The Labute approximate surface area is 118 Å². The van der Waals surface area contributed by atoms with Crippen LogP contribution in [0.5, 0.6) is 0 Å². The first-order valence-corrected chi connectivity index (χ1v) is 6.45. The number of nitrogens with two attached hydrogens (primary N) is 1. The molecule has 7 heteroatoms. The van der Waals surface area contributed by atoms with Crippen molar-refractivity contribution in [3.63, 3.8) is 0 Å². The SMILES string of the molecule is CCc1cccnc1CNc1nc(N)nc(N(C)C)n1. The van der Waals surface area contributed by atoms with E-state index in [4.69, 9.17) is 5.73 Å². The first-order valence-electron chi connectivity index (χ1n) is 6.45. The smallest absolute Gasteiger partial charge is 0.231 e. The number of nitrogen functional groups attached to an aromatic ring is 1. The van der Waals surface area contributed by atoms with Crippen LogP contribution < -0.4 is 16.0 Å². The molecule has 0 spiro atoms. The van der Waals surface area contributed by atoms with E-state index < -0.39 is 0 Å². The molecule has 0 fully saturated rings. The first kappa shape index (κ1) is 14.0. The summed E-state index contributed by atoms with van der Waals surface area (Å²) in [4.78, 5) is 18.6. The van der Waals surface area contributed by atoms with Crippen molar-refractivity contribution in [1.82, 2.24) is 19.9 Å². The Morgan fingerprint density at radius 1 is 1.25 bits per heavy atom. The van der Waals surface area contributed by atoms with Gasteiger partial charge in [-0.3, -0.25) is 4.98 Å². The maximum atomic E-state index is 5.68. The van der Waals surface area contributed by atoms with Crippen LogP contribution in [0.25, 0.3) is 0 Å². The average Bonchev–Trinajstić information content (AvgIpc) is 2.44. The molecule has 0 amide bonds.